The number of nitrogens with one attached hydrogen (secondary N) is 2. The molecule has 0 fully saturated rings. The third kappa shape index (κ3) is 8.86. The fraction of sp³-hybridized carbons (Fsp3) is 0.462. The van der Waals surface area contributed by atoms with Gasteiger partial charge in [0.15, 0.2) is 0 Å². The van der Waals surface area contributed by atoms with E-state index in [0.29, 0.717) is 18.7 Å². The highest BCUT2D eigenvalue weighted by Gasteiger charge is 2.01. The highest BCUT2D eigenvalue weighted by Crippen LogP contribution is 2.18. The van der Waals surface area contributed by atoms with E-state index in [-0.39, 0.29) is 24.1 Å². The van der Waals surface area contributed by atoms with Crippen LogP contribution in [0.5, 0.6) is 0 Å². The van der Waals surface area contributed by atoms with E-state index in [1.165, 1.54) is 12.1 Å². The van der Waals surface area contributed by atoms with E-state index in [1.54, 1.807) is 23.9 Å². The number of halogens is 2. The van der Waals surface area contributed by atoms with Gasteiger partial charge in [-0.25, -0.2) is 4.39 Å². The summed E-state index contributed by atoms with van der Waals surface area (Å²) < 4.78 is 12.7. The van der Waals surface area contributed by atoms with Crippen LogP contribution in [0, 0.1) is 5.82 Å². The molecule has 0 saturated carbocycles. The average Bonchev–Trinajstić information content (AvgIpc) is 2.37. The highest BCUT2D eigenvalue weighted by atomic mass is 35.5. The summed E-state index contributed by atoms with van der Waals surface area (Å²) >= 11 is 1.56. The smallest absolute Gasteiger partial charge is 0.220 e. The maximum absolute atomic E-state index is 12.7. The largest absolute Gasteiger partial charge is 0.356 e. The van der Waals surface area contributed by atoms with Gasteiger partial charge < -0.3 is 10.6 Å². The van der Waals surface area contributed by atoms with E-state index in [1.807, 2.05) is 7.05 Å². The lowest BCUT2D eigenvalue weighted by atomic mass is 10.3. The van der Waals surface area contributed by atoms with E-state index in [4.69, 9.17) is 0 Å². The van der Waals surface area contributed by atoms with Crippen molar-refractivity contribution in [2.45, 2.75) is 17.7 Å². The molecule has 0 atom stereocenters. The van der Waals surface area contributed by atoms with E-state index in [9.17, 15) is 9.18 Å². The molecule has 0 radical (unpaired) electrons. The Balaban J connectivity index is 0.00000324. The first-order valence-corrected chi connectivity index (χ1v) is 7.00. The fourth-order valence-electron chi connectivity index (χ4n) is 1.37. The zero-order chi connectivity index (χ0) is 13.2. The van der Waals surface area contributed by atoms with Crippen LogP contribution in [0.25, 0.3) is 0 Å². The van der Waals surface area contributed by atoms with Gasteiger partial charge in [0.05, 0.1) is 0 Å². The van der Waals surface area contributed by atoms with Gasteiger partial charge in [0.25, 0.3) is 0 Å². The number of hydrogen-bond acceptors (Lipinski definition) is 3. The SMILES string of the molecule is CNCCCNC(=O)CCSc1ccc(F)cc1.Cl. The minimum absolute atomic E-state index is 0. The number of carbonyl (C=O) groups is 1. The topological polar surface area (TPSA) is 41.1 Å². The van der Waals surface area contributed by atoms with Crippen molar-refractivity contribution >= 4 is 30.1 Å². The molecule has 0 aromatic heterocycles. The molecule has 1 aromatic carbocycles. The van der Waals surface area contributed by atoms with Crippen molar-refractivity contribution in [3.05, 3.63) is 30.1 Å². The molecule has 108 valence electrons. The van der Waals surface area contributed by atoms with Crippen LogP contribution in [0.4, 0.5) is 4.39 Å². The van der Waals surface area contributed by atoms with Crippen molar-refractivity contribution in [3.8, 4) is 0 Å². The number of hydrogen-bond donors (Lipinski definition) is 2. The Hall–Kier alpha value is -0.780. The van der Waals surface area contributed by atoms with Gasteiger partial charge in [-0.05, 0) is 44.3 Å². The molecule has 0 spiro atoms. The highest BCUT2D eigenvalue weighted by molar-refractivity contribution is 7.99. The molecule has 0 heterocycles. The average molecular weight is 307 g/mol. The molecule has 0 aliphatic heterocycles. The predicted octanol–water partition coefficient (Wildman–Crippen LogP) is 2.46. The molecule has 19 heavy (non-hydrogen) atoms. The van der Waals surface area contributed by atoms with Crippen LogP contribution in [0.3, 0.4) is 0 Å². The van der Waals surface area contributed by atoms with Crippen molar-refractivity contribution in [2.75, 3.05) is 25.9 Å². The molecule has 3 nitrogen and oxygen atoms in total. The van der Waals surface area contributed by atoms with Crippen molar-refractivity contribution in [2.24, 2.45) is 0 Å². The first-order valence-electron chi connectivity index (χ1n) is 6.02. The van der Waals surface area contributed by atoms with Gasteiger partial charge >= 0.3 is 0 Å². The van der Waals surface area contributed by atoms with Crippen LogP contribution in [0.2, 0.25) is 0 Å². The summed E-state index contributed by atoms with van der Waals surface area (Å²) in [6, 6.07) is 6.32. The zero-order valence-corrected chi connectivity index (χ0v) is 12.6. The van der Waals surface area contributed by atoms with Crippen LogP contribution in [0.1, 0.15) is 12.8 Å². The van der Waals surface area contributed by atoms with Crippen LogP contribution in [-0.2, 0) is 4.79 Å². The van der Waals surface area contributed by atoms with Gasteiger partial charge in [0.2, 0.25) is 5.91 Å². The standard InChI is InChI=1S/C13H19FN2OS.ClH/c1-15-8-2-9-16-13(17)7-10-18-12-5-3-11(14)4-6-12;/h3-6,15H,2,7-10H2,1H3,(H,16,17);1H. The summed E-state index contributed by atoms with van der Waals surface area (Å²) in [4.78, 5) is 12.4. The van der Waals surface area contributed by atoms with Gasteiger partial charge in [-0.2, -0.15) is 0 Å². The second kappa shape index (κ2) is 11.1. The Labute approximate surface area is 124 Å². The number of carbonyl (C=O) groups excluding carboxylic acids is 1. The molecule has 1 aromatic rings. The summed E-state index contributed by atoms with van der Waals surface area (Å²) in [5, 5.41) is 5.89. The zero-order valence-electron chi connectivity index (χ0n) is 10.9. The first-order chi connectivity index (χ1) is 8.72. The van der Waals surface area contributed by atoms with Crippen molar-refractivity contribution in [1.82, 2.24) is 10.6 Å². The molecular formula is C13H20ClFN2OS. The Morgan fingerprint density at radius 1 is 1.26 bits per heavy atom. The predicted molar refractivity (Wildman–Crippen MR) is 80.5 cm³/mol. The fourth-order valence-corrected chi connectivity index (χ4v) is 2.23. The molecule has 1 rings (SSSR count). The molecule has 0 aliphatic rings. The Morgan fingerprint density at radius 2 is 1.95 bits per heavy atom. The van der Waals surface area contributed by atoms with Crippen LogP contribution in [0.15, 0.2) is 29.2 Å². The lowest BCUT2D eigenvalue weighted by Crippen LogP contribution is -2.26. The summed E-state index contributed by atoms with van der Waals surface area (Å²) in [6.07, 6.45) is 1.43. The molecule has 2 N–H and O–H groups in total. The molecule has 6 heteroatoms. The summed E-state index contributed by atoms with van der Waals surface area (Å²) in [6.45, 7) is 1.62. The minimum Gasteiger partial charge on any atom is -0.356 e. The maximum atomic E-state index is 12.7. The Kier molecular flexibility index (Phi) is 10.6. The third-order valence-electron chi connectivity index (χ3n) is 2.34. The summed E-state index contributed by atoms with van der Waals surface area (Å²) in [5.41, 5.74) is 0. The van der Waals surface area contributed by atoms with Crippen LogP contribution < -0.4 is 10.6 Å². The number of amides is 1. The van der Waals surface area contributed by atoms with E-state index < -0.39 is 0 Å². The van der Waals surface area contributed by atoms with Crippen molar-refractivity contribution in [3.63, 3.8) is 0 Å². The maximum Gasteiger partial charge on any atom is 0.220 e. The quantitative estimate of drug-likeness (QED) is 0.572. The van der Waals surface area contributed by atoms with Crippen molar-refractivity contribution in [1.29, 1.82) is 0 Å². The lowest BCUT2D eigenvalue weighted by molar-refractivity contribution is -0.120. The third-order valence-corrected chi connectivity index (χ3v) is 3.35. The molecule has 0 unspecified atom stereocenters. The van der Waals surface area contributed by atoms with Gasteiger partial charge in [-0.15, -0.1) is 24.2 Å². The van der Waals surface area contributed by atoms with Crippen LogP contribution >= 0.6 is 24.2 Å². The van der Waals surface area contributed by atoms with Gasteiger partial charge in [-0.3, -0.25) is 4.79 Å². The second-order valence-electron chi connectivity index (χ2n) is 3.86. The molecule has 1 amide bonds. The lowest BCUT2D eigenvalue weighted by Gasteiger charge is -2.05. The molecule has 0 aliphatic carbocycles. The summed E-state index contributed by atoms with van der Waals surface area (Å²) in [5.74, 6) is 0.547. The Bertz CT molecular complexity index is 362. The molecule has 0 saturated heterocycles. The first kappa shape index (κ1) is 18.2. The van der Waals surface area contributed by atoms with Gasteiger partial charge in [-0.1, -0.05) is 0 Å². The molecular weight excluding hydrogens is 287 g/mol. The van der Waals surface area contributed by atoms with Crippen molar-refractivity contribution < 1.29 is 9.18 Å². The normalized spacial score (nSPS) is 9.79. The van der Waals surface area contributed by atoms with E-state index >= 15 is 0 Å². The van der Waals surface area contributed by atoms with Crippen LogP contribution in [-0.4, -0.2) is 31.8 Å². The van der Waals surface area contributed by atoms with E-state index in [0.717, 1.165) is 17.9 Å². The monoisotopic (exact) mass is 306 g/mol. The van der Waals surface area contributed by atoms with E-state index in [2.05, 4.69) is 10.6 Å². The number of benzene rings is 1. The number of rotatable bonds is 8. The van der Waals surface area contributed by atoms with Gasteiger partial charge in [0, 0.05) is 23.6 Å². The number of thioether (sulfide) groups is 1. The second-order valence-corrected chi connectivity index (χ2v) is 5.03. The van der Waals surface area contributed by atoms with Gasteiger partial charge in [0.1, 0.15) is 5.82 Å². The Morgan fingerprint density at radius 3 is 2.58 bits per heavy atom. The molecule has 0 bridgehead atoms. The summed E-state index contributed by atoms with van der Waals surface area (Å²) in [7, 11) is 1.89. The minimum atomic E-state index is -0.235.